The Balaban J connectivity index is 1.96. The van der Waals surface area contributed by atoms with Gasteiger partial charge in [-0.2, -0.15) is 0 Å². The average molecular weight is 241 g/mol. The lowest BCUT2D eigenvalue weighted by atomic mass is 9.94. The largest absolute Gasteiger partial charge is 0.480 e. The molecule has 2 aliphatic carbocycles. The summed E-state index contributed by atoms with van der Waals surface area (Å²) in [6.45, 7) is 2.27. The van der Waals surface area contributed by atoms with E-state index in [0.717, 1.165) is 0 Å². The van der Waals surface area contributed by atoms with E-state index in [-0.39, 0.29) is 0 Å². The monoisotopic (exact) mass is 241 g/mol. The van der Waals surface area contributed by atoms with Gasteiger partial charge in [0, 0.05) is 19.8 Å². The van der Waals surface area contributed by atoms with Crippen LogP contribution in [-0.4, -0.2) is 36.4 Å². The van der Waals surface area contributed by atoms with Gasteiger partial charge in [0.1, 0.15) is 5.54 Å². The second kappa shape index (κ2) is 4.94. The first-order chi connectivity index (χ1) is 8.07. The zero-order valence-corrected chi connectivity index (χ0v) is 10.7. The summed E-state index contributed by atoms with van der Waals surface area (Å²) < 4.78 is 5.02. The van der Waals surface area contributed by atoms with Crippen molar-refractivity contribution in [1.82, 2.24) is 5.32 Å². The number of hydrogen-bond donors (Lipinski definition) is 2. The van der Waals surface area contributed by atoms with Crippen LogP contribution in [0, 0.1) is 11.8 Å². The molecule has 0 saturated heterocycles. The Bertz CT molecular complexity index is 274. The lowest BCUT2D eigenvalue weighted by molar-refractivity contribution is -0.145. The van der Waals surface area contributed by atoms with Crippen LogP contribution in [-0.2, 0) is 9.53 Å². The van der Waals surface area contributed by atoms with Gasteiger partial charge in [0.15, 0.2) is 0 Å². The molecule has 1 unspecified atom stereocenters. The van der Waals surface area contributed by atoms with Crippen molar-refractivity contribution in [3.8, 4) is 0 Å². The normalized spacial score (nSPS) is 23.7. The Morgan fingerprint density at radius 2 is 1.94 bits per heavy atom. The summed E-state index contributed by atoms with van der Waals surface area (Å²) in [6, 6.07) is 0.410. The van der Waals surface area contributed by atoms with Gasteiger partial charge in [-0.05, 0) is 50.9 Å². The fourth-order valence-corrected chi connectivity index (χ4v) is 2.45. The molecule has 0 bridgehead atoms. The van der Waals surface area contributed by atoms with Crippen molar-refractivity contribution in [3.05, 3.63) is 0 Å². The molecule has 0 aromatic heterocycles. The molecule has 2 N–H and O–H groups in total. The number of rotatable bonds is 8. The second-order valence-electron chi connectivity index (χ2n) is 5.73. The first kappa shape index (κ1) is 12.8. The molecule has 2 rings (SSSR count). The maximum atomic E-state index is 11.4. The summed E-state index contributed by atoms with van der Waals surface area (Å²) >= 11 is 0. The van der Waals surface area contributed by atoms with Crippen LogP contribution in [0.3, 0.4) is 0 Å². The SMILES string of the molecule is COCCC(C)(NC(C1CC1)C1CC1)C(=O)O. The fourth-order valence-electron chi connectivity index (χ4n) is 2.45. The maximum Gasteiger partial charge on any atom is 0.323 e. The zero-order valence-electron chi connectivity index (χ0n) is 10.7. The highest BCUT2D eigenvalue weighted by Crippen LogP contribution is 2.45. The number of carbonyl (C=O) groups is 1. The Labute approximate surface area is 103 Å². The number of methoxy groups -OCH3 is 1. The van der Waals surface area contributed by atoms with Crippen LogP contribution < -0.4 is 5.32 Å². The van der Waals surface area contributed by atoms with Crippen LogP contribution in [0.2, 0.25) is 0 Å². The van der Waals surface area contributed by atoms with Crippen molar-refractivity contribution < 1.29 is 14.6 Å². The summed E-state index contributed by atoms with van der Waals surface area (Å²) in [6.07, 6.45) is 5.55. The highest BCUT2D eigenvalue weighted by atomic mass is 16.5. The number of hydrogen-bond acceptors (Lipinski definition) is 3. The minimum atomic E-state index is -0.841. The van der Waals surface area contributed by atoms with E-state index >= 15 is 0 Å². The van der Waals surface area contributed by atoms with Gasteiger partial charge >= 0.3 is 5.97 Å². The molecule has 0 spiro atoms. The van der Waals surface area contributed by atoms with Crippen LogP contribution in [0.1, 0.15) is 39.0 Å². The van der Waals surface area contributed by atoms with Crippen LogP contribution in [0.4, 0.5) is 0 Å². The quantitative estimate of drug-likeness (QED) is 0.678. The van der Waals surface area contributed by atoms with E-state index in [9.17, 15) is 9.90 Å². The third kappa shape index (κ3) is 3.19. The van der Waals surface area contributed by atoms with E-state index in [1.807, 2.05) is 0 Å². The predicted octanol–water partition coefficient (Wildman–Crippen LogP) is 1.64. The molecule has 0 aliphatic heterocycles. The molecule has 0 amide bonds. The standard InChI is InChI=1S/C13H23NO3/c1-13(12(15)16,7-8-17-2)14-11(9-3-4-9)10-5-6-10/h9-11,14H,3-8H2,1-2H3,(H,15,16). The Kier molecular flexibility index (Phi) is 3.73. The molecule has 2 fully saturated rings. The van der Waals surface area contributed by atoms with Gasteiger partial charge in [-0.15, -0.1) is 0 Å². The third-order valence-electron chi connectivity index (χ3n) is 4.02. The van der Waals surface area contributed by atoms with E-state index in [1.165, 1.54) is 25.7 Å². The van der Waals surface area contributed by atoms with Gasteiger partial charge in [0.05, 0.1) is 0 Å². The topological polar surface area (TPSA) is 58.6 Å². The van der Waals surface area contributed by atoms with Crippen molar-refractivity contribution in [2.75, 3.05) is 13.7 Å². The smallest absolute Gasteiger partial charge is 0.323 e. The molecule has 0 heterocycles. The summed E-state index contributed by atoms with van der Waals surface area (Å²) in [5, 5.41) is 12.8. The molecule has 0 aromatic carbocycles. The number of ether oxygens (including phenoxy) is 1. The highest BCUT2D eigenvalue weighted by molar-refractivity contribution is 5.78. The molecular formula is C13H23NO3. The van der Waals surface area contributed by atoms with Crippen LogP contribution >= 0.6 is 0 Å². The molecule has 1 atom stereocenters. The van der Waals surface area contributed by atoms with E-state index in [2.05, 4.69) is 5.32 Å². The Morgan fingerprint density at radius 1 is 1.41 bits per heavy atom. The van der Waals surface area contributed by atoms with Gasteiger partial charge in [-0.1, -0.05) is 0 Å². The van der Waals surface area contributed by atoms with Gasteiger partial charge in [-0.3, -0.25) is 10.1 Å². The number of carboxylic acid groups (broad SMARTS) is 1. The minimum absolute atomic E-state index is 0.410. The number of carboxylic acids is 1. The molecule has 0 radical (unpaired) electrons. The molecule has 4 heteroatoms. The van der Waals surface area contributed by atoms with Gasteiger partial charge in [0.25, 0.3) is 0 Å². The lowest BCUT2D eigenvalue weighted by Gasteiger charge is -2.32. The van der Waals surface area contributed by atoms with Crippen molar-refractivity contribution in [2.24, 2.45) is 11.8 Å². The van der Waals surface area contributed by atoms with Crippen LogP contribution in [0.25, 0.3) is 0 Å². The Morgan fingerprint density at radius 3 is 2.29 bits per heavy atom. The Hall–Kier alpha value is -0.610. The van der Waals surface area contributed by atoms with Crippen LogP contribution in [0.15, 0.2) is 0 Å². The van der Waals surface area contributed by atoms with E-state index in [1.54, 1.807) is 14.0 Å². The average Bonchev–Trinajstić information content (AvgIpc) is 3.16. The molecule has 4 nitrogen and oxygen atoms in total. The fraction of sp³-hybridized carbons (Fsp3) is 0.923. The zero-order chi connectivity index (χ0) is 12.5. The molecule has 0 aromatic rings. The first-order valence-corrected chi connectivity index (χ1v) is 6.57. The number of aliphatic carboxylic acids is 1. The molecule has 2 saturated carbocycles. The molecule has 98 valence electrons. The van der Waals surface area contributed by atoms with Crippen molar-refractivity contribution in [1.29, 1.82) is 0 Å². The molecule has 17 heavy (non-hydrogen) atoms. The summed E-state index contributed by atoms with van der Waals surface area (Å²) in [7, 11) is 1.61. The van der Waals surface area contributed by atoms with Crippen LogP contribution in [0.5, 0.6) is 0 Å². The van der Waals surface area contributed by atoms with Gasteiger partial charge in [0.2, 0.25) is 0 Å². The summed E-state index contributed by atoms with van der Waals surface area (Å²) in [5.74, 6) is 0.660. The van der Waals surface area contributed by atoms with Gasteiger partial charge < -0.3 is 9.84 Å². The third-order valence-corrected chi connectivity index (χ3v) is 4.02. The maximum absolute atomic E-state index is 11.4. The van der Waals surface area contributed by atoms with Gasteiger partial charge in [-0.25, -0.2) is 0 Å². The van der Waals surface area contributed by atoms with E-state index in [0.29, 0.717) is 30.9 Å². The molecular weight excluding hydrogens is 218 g/mol. The van der Waals surface area contributed by atoms with Crippen molar-refractivity contribution in [2.45, 2.75) is 50.6 Å². The number of nitrogens with one attached hydrogen (secondary N) is 1. The second-order valence-corrected chi connectivity index (χ2v) is 5.73. The summed E-state index contributed by atoms with van der Waals surface area (Å²) in [4.78, 5) is 11.4. The lowest BCUT2D eigenvalue weighted by Crippen LogP contribution is -2.55. The molecule has 2 aliphatic rings. The van der Waals surface area contributed by atoms with Crippen molar-refractivity contribution >= 4 is 5.97 Å². The van der Waals surface area contributed by atoms with E-state index in [4.69, 9.17) is 4.74 Å². The summed E-state index contributed by atoms with van der Waals surface area (Å²) in [5.41, 5.74) is -0.841. The van der Waals surface area contributed by atoms with Crippen molar-refractivity contribution in [3.63, 3.8) is 0 Å². The highest BCUT2D eigenvalue weighted by Gasteiger charge is 2.46. The predicted molar refractivity (Wildman–Crippen MR) is 64.9 cm³/mol. The van der Waals surface area contributed by atoms with E-state index < -0.39 is 11.5 Å². The minimum Gasteiger partial charge on any atom is -0.480 e. The first-order valence-electron chi connectivity index (χ1n) is 6.57.